The van der Waals surface area contributed by atoms with Gasteiger partial charge in [0, 0.05) is 12.6 Å². The van der Waals surface area contributed by atoms with Crippen molar-refractivity contribution in [1.82, 2.24) is 9.62 Å². The summed E-state index contributed by atoms with van der Waals surface area (Å²) in [7, 11) is -3.57. The second-order valence-corrected chi connectivity index (χ2v) is 8.93. The fourth-order valence-corrected chi connectivity index (χ4v) is 6.33. The molecular formula is C12H18Cl2N2O2S2. The number of nitrogens with zero attached hydrogens (tertiary/aromatic N) is 1. The summed E-state index contributed by atoms with van der Waals surface area (Å²) < 4.78 is 27.9. The van der Waals surface area contributed by atoms with Crippen molar-refractivity contribution < 1.29 is 8.42 Å². The Kier molecular flexibility index (Phi) is 5.73. The van der Waals surface area contributed by atoms with Crippen LogP contribution in [0.1, 0.15) is 26.2 Å². The largest absolute Gasteiger partial charge is 0.317 e. The van der Waals surface area contributed by atoms with Gasteiger partial charge in [0.15, 0.2) is 0 Å². The van der Waals surface area contributed by atoms with Gasteiger partial charge in [0.05, 0.1) is 4.34 Å². The van der Waals surface area contributed by atoms with Crippen molar-refractivity contribution in [1.29, 1.82) is 0 Å². The van der Waals surface area contributed by atoms with Gasteiger partial charge in [0.1, 0.15) is 9.23 Å². The number of hydrogen-bond donors (Lipinski definition) is 1. The topological polar surface area (TPSA) is 49.4 Å². The molecule has 1 saturated heterocycles. The average Bonchev–Trinajstić information content (AvgIpc) is 2.76. The highest BCUT2D eigenvalue weighted by molar-refractivity contribution is 7.89. The molecular weight excluding hydrogens is 339 g/mol. The average molecular weight is 357 g/mol. The molecule has 8 heteroatoms. The Morgan fingerprint density at radius 1 is 1.40 bits per heavy atom. The number of nitrogens with one attached hydrogen (secondary N) is 1. The smallest absolute Gasteiger partial charge is 0.245 e. The Balaban J connectivity index is 2.33. The number of hydrogen-bond acceptors (Lipinski definition) is 4. The lowest BCUT2D eigenvalue weighted by Crippen LogP contribution is -2.46. The summed E-state index contributed by atoms with van der Waals surface area (Å²) in [5, 5.41) is 3.25. The highest BCUT2D eigenvalue weighted by Gasteiger charge is 2.33. The fourth-order valence-electron chi connectivity index (χ4n) is 2.44. The molecule has 2 heterocycles. The molecule has 114 valence electrons. The zero-order chi connectivity index (χ0) is 14.8. The molecule has 0 saturated carbocycles. The highest BCUT2D eigenvalue weighted by Crippen LogP contribution is 2.36. The van der Waals surface area contributed by atoms with E-state index in [1.165, 1.54) is 6.07 Å². The third kappa shape index (κ3) is 3.48. The normalized spacial score (nSPS) is 17.8. The van der Waals surface area contributed by atoms with E-state index in [0.29, 0.717) is 10.9 Å². The minimum atomic E-state index is -3.57. The van der Waals surface area contributed by atoms with Crippen LogP contribution in [0.5, 0.6) is 0 Å². The molecule has 1 aromatic rings. The lowest BCUT2D eigenvalue weighted by molar-refractivity contribution is 0.262. The highest BCUT2D eigenvalue weighted by atomic mass is 35.5. The predicted octanol–water partition coefficient (Wildman–Crippen LogP) is 3.21. The van der Waals surface area contributed by atoms with Crippen LogP contribution < -0.4 is 5.32 Å². The zero-order valence-electron chi connectivity index (χ0n) is 11.2. The van der Waals surface area contributed by atoms with Crippen molar-refractivity contribution in [2.45, 2.75) is 37.1 Å². The Hall–Kier alpha value is 0.150. The summed E-state index contributed by atoms with van der Waals surface area (Å²) in [6.07, 6.45) is 2.43. The summed E-state index contributed by atoms with van der Waals surface area (Å²) >= 11 is 13.0. The first kappa shape index (κ1) is 16.5. The minimum Gasteiger partial charge on any atom is -0.317 e. The van der Waals surface area contributed by atoms with Crippen LogP contribution in [-0.4, -0.2) is 38.4 Å². The maximum Gasteiger partial charge on any atom is 0.245 e. The second-order valence-electron chi connectivity index (χ2n) is 4.79. The molecule has 0 unspecified atom stereocenters. The molecule has 0 spiro atoms. The quantitative estimate of drug-likeness (QED) is 0.880. The van der Waals surface area contributed by atoms with E-state index in [-0.39, 0.29) is 15.3 Å². The van der Waals surface area contributed by atoms with Crippen LogP contribution in [0.4, 0.5) is 0 Å². The van der Waals surface area contributed by atoms with E-state index in [0.717, 1.165) is 43.7 Å². The fraction of sp³-hybridized carbons (Fsp3) is 0.667. The lowest BCUT2D eigenvalue weighted by atomic mass is 10.1. The van der Waals surface area contributed by atoms with Crippen LogP contribution in [-0.2, 0) is 10.0 Å². The zero-order valence-corrected chi connectivity index (χ0v) is 14.4. The van der Waals surface area contributed by atoms with Gasteiger partial charge in [0.2, 0.25) is 10.0 Å². The molecule has 0 amide bonds. The van der Waals surface area contributed by atoms with Crippen molar-refractivity contribution in [2.24, 2.45) is 0 Å². The van der Waals surface area contributed by atoms with Crippen LogP contribution in [0.15, 0.2) is 11.0 Å². The molecule has 20 heavy (non-hydrogen) atoms. The van der Waals surface area contributed by atoms with E-state index in [4.69, 9.17) is 23.2 Å². The monoisotopic (exact) mass is 356 g/mol. The molecule has 1 aliphatic heterocycles. The van der Waals surface area contributed by atoms with Crippen LogP contribution >= 0.6 is 34.5 Å². The molecule has 0 aliphatic carbocycles. The van der Waals surface area contributed by atoms with Gasteiger partial charge in [-0.15, -0.1) is 11.3 Å². The summed E-state index contributed by atoms with van der Waals surface area (Å²) in [4.78, 5) is 0.140. The third-order valence-corrected chi connectivity index (χ3v) is 7.08. The predicted molar refractivity (Wildman–Crippen MR) is 84.4 cm³/mol. The van der Waals surface area contributed by atoms with Crippen LogP contribution in [0.3, 0.4) is 0 Å². The lowest BCUT2D eigenvalue weighted by Gasteiger charge is -2.33. The molecule has 1 fully saturated rings. The van der Waals surface area contributed by atoms with Crippen LogP contribution in [0.2, 0.25) is 8.67 Å². The molecule has 0 aromatic carbocycles. The van der Waals surface area contributed by atoms with Gasteiger partial charge >= 0.3 is 0 Å². The Labute approximate surface area is 134 Å². The summed E-state index contributed by atoms with van der Waals surface area (Å²) in [5.74, 6) is 0. The number of sulfonamides is 1. The second kappa shape index (κ2) is 6.94. The van der Waals surface area contributed by atoms with E-state index in [1.807, 2.05) is 6.92 Å². The van der Waals surface area contributed by atoms with Gasteiger partial charge in [-0.05, 0) is 38.4 Å². The Bertz CT molecular complexity index is 554. The molecule has 2 rings (SSSR count). The molecule has 0 bridgehead atoms. The van der Waals surface area contributed by atoms with E-state index in [1.54, 1.807) is 4.31 Å². The molecule has 4 nitrogen and oxygen atoms in total. The third-order valence-electron chi connectivity index (χ3n) is 3.37. The summed E-state index contributed by atoms with van der Waals surface area (Å²) in [5.41, 5.74) is 0. The Morgan fingerprint density at radius 2 is 2.05 bits per heavy atom. The van der Waals surface area contributed by atoms with E-state index >= 15 is 0 Å². The number of thiophene rings is 1. The first-order chi connectivity index (χ1) is 9.46. The SMILES string of the molecule is CCCN(C1CCNCC1)S(=O)(=O)c1cc(Cl)sc1Cl. The van der Waals surface area contributed by atoms with Gasteiger partial charge in [-0.2, -0.15) is 4.31 Å². The summed E-state index contributed by atoms with van der Waals surface area (Å²) in [6, 6.07) is 1.49. The van der Waals surface area contributed by atoms with Gasteiger partial charge in [-0.1, -0.05) is 30.1 Å². The van der Waals surface area contributed by atoms with Crippen LogP contribution in [0.25, 0.3) is 0 Å². The molecule has 1 aliphatic rings. The van der Waals surface area contributed by atoms with Gasteiger partial charge in [-0.25, -0.2) is 8.42 Å². The molecule has 1 aromatic heterocycles. The van der Waals surface area contributed by atoms with Crippen LogP contribution in [0, 0.1) is 0 Å². The molecule has 1 N–H and O–H groups in total. The van der Waals surface area contributed by atoms with Crippen molar-refractivity contribution in [2.75, 3.05) is 19.6 Å². The van der Waals surface area contributed by atoms with Gasteiger partial charge in [0.25, 0.3) is 0 Å². The minimum absolute atomic E-state index is 0.0379. The number of rotatable bonds is 5. The molecule has 0 atom stereocenters. The maximum absolute atomic E-state index is 12.8. The van der Waals surface area contributed by atoms with Gasteiger partial charge < -0.3 is 5.32 Å². The van der Waals surface area contributed by atoms with Crippen molar-refractivity contribution >= 4 is 44.6 Å². The van der Waals surface area contributed by atoms with Crippen molar-refractivity contribution in [3.63, 3.8) is 0 Å². The first-order valence-corrected chi connectivity index (χ1v) is 9.65. The van der Waals surface area contributed by atoms with E-state index in [9.17, 15) is 8.42 Å². The number of piperidine rings is 1. The summed E-state index contributed by atoms with van der Waals surface area (Å²) in [6.45, 7) is 4.18. The maximum atomic E-state index is 12.8. The first-order valence-electron chi connectivity index (χ1n) is 6.64. The van der Waals surface area contributed by atoms with Crippen molar-refractivity contribution in [3.8, 4) is 0 Å². The number of halogens is 2. The van der Waals surface area contributed by atoms with E-state index < -0.39 is 10.0 Å². The Morgan fingerprint density at radius 3 is 2.55 bits per heavy atom. The molecule has 0 radical (unpaired) electrons. The van der Waals surface area contributed by atoms with Crippen molar-refractivity contribution in [3.05, 3.63) is 14.7 Å². The standard InChI is InChI=1S/C12H18Cl2N2O2S2/c1-2-7-16(9-3-5-15-6-4-9)20(17,18)10-8-11(13)19-12(10)14/h8-9,15H,2-7H2,1H3. The van der Waals surface area contributed by atoms with Gasteiger partial charge in [-0.3, -0.25) is 0 Å². The van der Waals surface area contributed by atoms with E-state index in [2.05, 4.69) is 5.32 Å².